The molecule has 0 aliphatic rings. The molecule has 2 heterocycles. The van der Waals surface area contributed by atoms with E-state index in [-0.39, 0.29) is 0 Å². The van der Waals surface area contributed by atoms with Crippen molar-refractivity contribution in [3.8, 4) is 10.7 Å². The fourth-order valence-corrected chi connectivity index (χ4v) is 4.09. The molecule has 7 heteroatoms. The van der Waals surface area contributed by atoms with Crippen molar-refractivity contribution in [3.05, 3.63) is 69.0 Å². The molecule has 0 saturated carbocycles. The molecule has 2 aromatic carbocycles. The molecule has 0 aliphatic carbocycles. The lowest BCUT2D eigenvalue weighted by atomic mass is 10.2. The number of hydrogen-bond acceptors (Lipinski definition) is 4. The Balaban J connectivity index is 1.88. The van der Waals surface area contributed by atoms with E-state index in [0.29, 0.717) is 26.7 Å². The van der Waals surface area contributed by atoms with Gasteiger partial charge in [0, 0.05) is 21.1 Å². The molecule has 0 unspecified atom stereocenters. The number of benzene rings is 2. The van der Waals surface area contributed by atoms with Crippen LogP contribution in [0.15, 0.2) is 53.9 Å². The van der Waals surface area contributed by atoms with Crippen LogP contribution in [0.4, 0.5) is 11.5 Å². The fourth-order valence-electron chi connectivity index (χ4n) is 2.49. The molecular weight excluding hydrogens is 397 g/mol. The van der Waals surface area contributed by atoms with Crippen molar-refractivity contribution in [1.82, 2.24) is 9.97 Å². The van der Waals surface area contributed by atoms with Crippen LogP contribution < -0.4 is 5.32 Å². The summed E-state index contributed by atoms with van der Waals surface area (Å²) in [7, 11) is 0. The Bertz CT molecular complexity index is 1060. The van der Waals surface area contributed by atoms with Crippen molar-refractivity contribution >= 4 is 68.5 Å². The molecule has 0 bridgehead atoms. The van der Waals surface area contributed by atoms with E-state index in [1.165, 1.54) is 11.3 Å². The Morgan fingerprint density at radius 3 is 2.36 bits per heavy atom. The quantitative estimate of drug-likeness (QED) is 0.395. The van der Waals surface area contributed by atoms with Crippen LogP contribution in [-0.4, -0.2) is 9.97 Å². The highest BCUT2D eigenvalue weighted by atomic mass is 35.5. The van der Waals surface area contributed by atoms with Gasteiger partial charge in [-0.2, -0.15) is 0 Å². The minimum atomic E-state index is 0.551. The van der Waals surface area contributed by atoms with E-state index >= 15 is 0 Å². The second kappa shape index (κ2) is 6.81. The second-order valence-corrected chi connectivity index (χ2v) is 7.49. The summed E-state index contributed by atoms with van der Waals surface area (Å²) in [5, 5.41) is 7.84. The number of rotatable bonds is 3. The average molecular weight is 407 g/mol. The lowest BCUT2D eigenvalue weighted by Gasteiger charge is -2.11. The molecule has 4 aromatic rings. The first-order valence-electron chi connectivity index (χ1n) is 7.33. The molecule has 1 N–H and O–H groups in total. The highest BCUT2D eigenvalue weighted by molar-refractivity contribution is 7.14. The number of aromatic nitrogens is 2. The maximum atomic E-state index is 6.25. The van der Waals surface area contributed by atoms with E-state index in [2.05, 4.69) is 15.3 Å². The van der Waals surface area contributed by atoms with Gasteiger partial charge in [-0.25, -0.2) is 9.97 Å². The first-order valence-corrected chi connectivity index (χ1v) is 9.35. The number of nitrogens with zero attached hydrogens (tertiary/aromatic N) is 2. The first kappa shape index (κ1) is 16.6. The molecule has 0 spiro atoms. The van der Waals surface area contributed by atoms with Crippen molar-refractivity contribution in [3.63, 3.8) is 0 Å². The predicted molar refractivity (Wildman–Crippen MR) is 108 cm³/mol. The predicted octanol–water partition coefficient (Wildman–Crippen LogP) is 7.06. The lowest BCUT2D eigenvalue weighted by molar-refractivity contribution is 1.23. The summed E-state index contributed by atoms with van der Waals surface area (Å²) in [5.41, 5.74) is 1.58. The Morgan fingerprint density at radius 2 is 1.64 bits per heavy atom. The van der Waals surface area contributed by atoms with Crippen LogP contribution in [0.5, 0.6) is 0 Å². The second-order valence-electron chi connectivity index (χ2n) is 5.29. The minimum absolute atomic E-state index is 0.551. The monoisotopic (exact) mass is 405 g/mol. The van der Waals surface area contributed by atoms with Crippen molar-refractivity contribution in [2.24, 2.45) is 0 Å². The Hall–Kier alpha value is -1.85. The van der Waals surface area contributed by atoms with Crippen molar-refractivity contribution in [1.29, 1.82) is 0 Å². The van der Waals surface area contributed by atoms with Crippen LogP contribution in [0.25, 0.3) is 21.6 Å². The highest BCUT2D eigenvalue weighted by Gasteiger charge is 2.13. The third-order valence-electron chi connectivity index (χ3n) is 3.55. The maximum Gasteiger partial charge on any atom is 0.173 e. The van der Waals surface area contributed by atoms with Gasteiger partial charge in [0.1, 0.15) is 5.82 Å². The number of para-hydroxylation sites is 1. The van der Waals surface area contributed by atoms with Crippen LogP contribution in [0.1, 0.15) is 0 Å². The van der Waals surface area contributed by atoms with E-state index in [9.17, 15) is 0 Å². The van der Waals surface area contributed by atoms with E-state index < -0.39 is 0 Å². The molecule has 0 fully saturated rings. The average Bonchev–Trinajstić information content (AvgIpc) is 3.00. The molecule has 0 saturated heterocycles. The van der Waals surface area contributed by atoms with E-state index in [4.69, 9.17) is 34.8 Å². The summed E-state index contributed by atoms with van der Waals surface area (Å²) < 4.78 is 0. The number of nitrogens with one attached hydrogen (secondary N) is 1. The van der Waals surface area contributed by atoms with Crippen LogP contribution >= 0.6 is 46.1 Å². The molecule has 25 heavy (non-hydrogen) atoms. The Labute approximate surface area is 163 Å². The minimum Gasteiger partial charge on any atom is -0.340 e. The Morgan fingerprint density at radius 1 is 0.880 bits per heavy atom. The standard InChI is InChI=1S/C18H10Cl3N3S/c19-10-7-11(20)9-12(8-10)22-17-13-3-1-2-4-15(13)23-18(24-17)16-14(21)5-6-25-16/h1-9H,(H,22,23,24). The summed E-state index contributed by atoms with van der Waals surface area (Å²) in [5.74, 6) is 1.25. The van der Waals surface area contributed by atoms with Gasteiger partial charge >= 0.3 is 0 Å². The maximum absolute atomic E-state index is 6.25. The number of fused-ring (bicyclic) bond motifs is 1. The lowest BCUT2D eigenvalue weighted by Crippen LogP contribution is -1.99. The number of thiophene rings is 1. The van der Waals surface area contributed by atoms with Gasteiger partial charge in [0.15, 0.2) is 5.82 Å². The van der Waals surface area contributed by atoms with E-state index in [0.717, 1.165) is 21.5 Å². The number of hydrogen-bond donors (Lipinski definition) is 1. The van der Waals surface area contributed by atoms with Crippen molar-refractivity contribution in [2.45, 2.75) is 0 Å². The fraction of sp³-hybridized carbons (Fsp3) is 0. The zero-order valence-electron chi connectivity index (χ0n) is 12.6. The molecule has 0 atom stereocenters. The Kier molecular flexibility index (Phi) is 4.52. The van der Waals surface area contributed by atoms with Gasteiger partial charge in [0.25, 0.3) is 0 Å². The topological polar surface area (TPSA) is 37.8 Å². The third kappa shape index (κ3) is 3.44. The smallest absolute Gasteiger partial charge is 0.173 e. The molecule has 0 amide bonds. The van der Waals surface area contributed by atoms with E-state index in [1.54, 1.807) is 18.2 Å². The number of halogens is 3. The van der Waals surface area contributed by atoms with Crippen LogP contribution in [-0.2, 0) is 0 Å². The number of anilines is 2. The molecule has 3 nitrogen and oxygen atoms in total. The molecule has 2 aromatic heterocycles. The molecule has 4 rings (SSSR count). The van der Waals surface area contributed by atoms with Crippen molar-refractivity contribution < 1.29 is 0 Å². The van der Waals surface area contributed by atoms with Crippen LogP contribution in [0.2, 0.25) is 15.1 Å². The van der Waals surface area contributed by atoms with E-state index in [1.807, 2.05) is 35.7 Å². The SMILES string of the molecule is Clc1cc(Cl)cc(Nc2nc(-c3sccc3Cl)nc3ccccc23)c1. The summed E-state index contributed by atoms with van der Waals surface area (Å²) in [6.45, 7) is 0. The van der Waals surface area contributed by atoms with Gasteiger partial charge in [-0.15, -0.1) is 11.3 Å². The van der Waals surface area contributed by atoms with Gasteiger partial charge in [0.05, 0.1) is 15.4 Å². The largest absolute Gasteiger partial charge is 0.340 e. The third-order valence-corrected chi connectivity index (χ3v) is 5.32. The summed E-state index contributed by atoms with van der Waals surface area (Å²) in [6, 6.07) is 14.9. The van der Waals surface area contributed by atoms with Gasteiger partial charge in [-0.3, -0.25) is 0 Å². The van der Waals surface area contributed by atoms with Gasteiger partial charge in [0.2, 0.25) is 0 Å². The molecular formula is C18H10Cl3N3S. The normalized spacial score (nSPS) is 11.0. The van der Waals surface area contributed by atoms with Gasteiger partial charge in [-0.05, 0) is 41.8 Å². The highest BCUT2D eigenvalue weighted by Crippen LogP contribution is 2.34. The van der Waals surface area contributed by atoms with Gasteiger partial charge in [-0.1, -0.05) is 46.9 Å². The molecule has 124 valence electrons. The zero-order valence-corrected chi connectivity index (χ0v) is 15.7. The summed E-state index contributed by atoms with van der Waals surface area (Å²) in [6.07, 6.45) is 0. The van der Waals surface area contributed by atoms with Crippen LogP contribution in [0.3, 0.4) is 0 Å². The van der Waals surface area contributed by atoms with Crippen molar-refractivity contribution in [2.75, 3.05) is 5.32 Å². The molecule has 0 aliphatic heterocycles. The summed E-state index contributed by atoms with van der Waals surface area (Å²) in [4.78, 5) is 10.1. The zero-order chi connectivity index (χ0) is 17.4. The summed E-state index contributed by atoms with van der Waals surface area (Å²) >= 11 is 19.9. The van der Waals surface area contributed by atoms with Crippen LogP contribution in [0, 0.1) is 0 Å². The molecule has 0 radical (unpaired) electrons. The van der Waals surface area contributed by atoms with Gasteiger partial charge < -0.3 is 5.32 Å². The first-order chi connectivity index (χ1) is 12.1.